The highest BCUT2D eigenvalue weighted by Crippen LogP contribution is 2.45. The summed E-state index contributed by atoms with van der Waals surface area (Å²) < 4.78 is 12.5. The summed E-state index contributed by atoms with van der Waals surface area (Å²) in [6.07, 6.45) is 6.71. The van der Waals surface area contributed by atoms with Gasteiger partial charge in [0.05, 0.1) is 42.9 Å². The minimum Gasteiger partial charge on any atom is -0.481 e. The van der Waals surface area contributed by atoms with E-state index in [2.05, 4.69) is 4.89 Å². The molecule has 0 aromatic heterocycles. The second kappa shape index (κ2) is 11.6. The first-order chi connectivity index (χ1) is 16.4. The number of carbonyl (C=O) groups excluding carboxylic acids is 1. The Balaban J connectivity index is 1.41. The molecule has 34 heavy (non-hydrogen) atoms. The van der Waals surface area contributed by atoms with E-state index in [0.29, 0.717) is 25.7 Å². The third kappa shape index (κ3) is 5.93. The normalized spacial score (nSPS) is 43.0. The third-order valence-electron chi connectivity index (χ3n) is 8.81. The second-order valence-corrected chi connectivity index (χ2v) is 10.9. The van der Waals surface area contributed by atoms with Crippen LogP contribution in [0.3, 0.4) is 0 Å². The van der Waals surface area contributed by atoms with Gasteiger partial charge in [-0.3, -0.25) is 14.8 Å². The van der Waals surface area contributed by atoms with Crippen LogP contribution in [0.5, 0.6) is 0 Å². The number of esters is 1. The van der Waals surface area contributed by atoms with Crippen molar-refractivity contribution in [3.05, 3.63) is 0 Å². The Labute approximate surface area is 200 Å². The smallest absolute Gasteiger partial charge is 0.310 e. The maximum Gasteiger partial charge on any atom is 0.310 e. The largest absolute Gasteiger partial charge is 0.481 e. The number of carboxylic acids is 1. The van der Waals surface area contributed by atoms with Crippen LogP contribution in [-0.2, 0) is 24.0 Å². The van der Waals surface area contributed by atoms with Crippen molar-refractivity contribution in [3.63, 3.8) is 0 Å². The van der Waals surface area contributed by atoms with Crippen LogP contribution >= 0.6 is 0 Å². The summed E-state index contributed by atoms with van der Waals surface area (Å²) in [4.78, 5) is 29.1. The van der Waals surface area contributed by atoms with E-state index in [0.717, 1.165) is 38.5 Å². The average Bonchev–Trinajstić information content (AvgIpc) is 2.82. The zero-order valence-corrected chi connectivity index (χ0v) is 19.8. The predicted molar refractivity (Wildman–Crippen MR) is 120 cm³/mol. The van der Waals surface area contributed by atoms with Crippen molar-refractivity contribution in [1.29, 1.82) is 0 Å². The molecule has 4 N–H and O–H groups in total. The number of carbonyl (C=O) groups is 2. The summed E-state index contributed by atoms with van der Waals surface area (Å²) in [5.41, 5.74) is 0. The van der Waals surface area contributed by atoms with Gasteiger partial charge in [0, 0.05) is 11.8 Å². The number of aliphatic hydroxyl groups excluding tert-OH is 2. The van der Waals surface area contributed by atoms with E-state index in [-0.39, 0.29) is 55.5 Å². The summed E-state index contributed by atoms with van der Waals surface area (Å²) in [5.74, 6) is -2.66. The Hall–Kier alpha value is -1.26. The van der Waals surface area contributed by atoms with E-state index in [4.69, 9.17) is 14.7 Å². The molecule has 0 bridgehead atoms. The van der Waals surface area contributed by atoms with Crippen molar-refractivity contribution in [2.45, 2.75) is 108 Å². The topological polar surface area (TPSA) is 143 Å². The molecule has 10 unspecified atom stereocenters. The summed E-state index contributed by atoms with van der Waals surface area (Å²) >= 11 is 0. The van der Waals surface area contributed by atoms with Crippen LogP contribution in [0, 0.1) is 29.6 Å². The van der Waals surface area contributed by atoms with Gasteiger partial charge in [0.2, 0.25) is 0 Å². The van der Waals surface area contributed by atoms with Crippen LogP contribution in [0.4, 0.5) is 0 Å². The lowest BCUT2D eigenvalue weighted by Gasteiger charge is -2.47. The van der Waals surface area contributed by atoms with Crippen LogP contribution in [0.25, 0.3) is 0 Å². The van der Waals surface area contributed by atoms with Crippen LogP contribution in [0.2, 0.25) is 0 Å². The standard InChI is InChI=1S/C25H40O9/c26-15-7-8-19(24(28)29)20(11-15)25(30)34-22-10-9-21(17-3-1-2-4-18(17)22)33-23-12-16(27)6-5-14(23)13-32-31/h14-23,26-27,31H,1-13H2,(H,28,29). The van der Waals surface area contributed by atoms with Crippen molar-refractivity contribution in [1.82, 2.24) is 0 Å². The summed E-state index contributed by atoms with van der Waals surface area (Å²) in [6.45, 7) is 0.191. The Kier molecular flexibility index (Phi) is 8.85. The van der Waals surface area contributed by atoms with E-state index in [9.17, 15) is 24.9 Å². The molecule has 4 aliphatic carbocycles. The maximum atomic E-state index is 13.1. The fourth-order valence-electron chi connectivity index (χ4n) is 6.97. The average molecular weight is 485 g/mol. The van der Waals surface area contributed by atoms with Crippen molar-refractivity contribution in [2.24, 2.45) is 29.6 Å². The lowest BCUT2D eigenvalue weighted by Crippen LogP contribution is -2.49. The molecule has 4 aliphatic rings. The van der Waals surface area contributed by atoms with E-state index in [1.165, 1.54) is 0 Å². The summed E-state index contributed by atoms with van der Waals surface area (Å²) in [6, 6.07) is 0. The Morgan fingerprint density at radius 1 is 0.735 bits per heavy atom. The Morgan fingerprint density at radius 2 is 1.38 bits per heavy atom. The molecule has 0 aromatic carbocycles. The SMILES string of the molecule is O=C(O)C1CCC(O)CC1C(=O)OC1CCC(OC2CC(O)CCC2COO)C2CCCCC12. The van der Waals surface area contributed by atoms with E-state index in [1.54, 1.807) is 0 Å². The van der Waals surface area contributed by atoms with Crippen molar-refractivity contribution >= 4 is 11.9 Å². The molecule has 0 radical (unpaired) electrons. The van der Waals surface area contributed by atoms with Crippen LogP contribution < -0.4 is 0 Å². The molecule has 0 aliphatic heterocycles. The molecule has 4 rings (SSSR count). The molecule has 10 atom stereocenters. The minimum absolute atomic E-state index is 0.0000146. The number of hydrogen-bond acceptors (Lipinski definition) is 8. The van der Waals surface area contributed by atoms with Crippen LogP contribution in [-0.4, -0.2) is 69.6 Å². The number of aliphatic hydroxyl groups is 2. The molecular weight excluding hydrogens is 444 g/mol. The first-order valence-electron chi connectivity index (χ1n) is 13.1. The van der Waals surface area contributed by atoms with Crippen LogP contribution in [0.1, 0.15) is 77.0 Å². The van der Waals surface area contributed by atoms with Gasteiger partial charge in [0.15, 0.2) is 0 Å². The van der Waals surface area contributed by atoms with Gasteiger partial charge in [-0.05, 0) is 70.1 Å². The van der Waals surface area contributed by atoms with Gasteiger partial charge in [-0.25, -0.2) is 4.89 Å². The molecule has 0 spiro atoms. The zero-order chi connectivity index (χ0) is 24.2. The third-order valence-corrected chi connectivity index (χ3v) is 8.81. The van der Waals surface area contributed by atoms with Gasteiger partial charge in [0.25, 0.3) is 0 Å². The lowest BCUT2D eigenvalue weighted by molar-refractivity contribution is -0.264. The number of fused-ring (bicyclic) bond motifs is 1. The fourth-order valence-corrected chi connectivity index (χ4v) is 6.97. The minimum atomic E-state index is -1.00. The number of rotatable bonds is 7. The van der Waals surface area contributed by atoms with Crippen molar-refractivity contribution in [3.8, 4) is 0 Å². The lowest BCUT2D eigenvalue weighted by atomic mass is 9.67. The molecule has 0 aromatic rings. The van der Waals surface area contributed by atoms with Gasteiger partial charge in [0.1, 0.15) is 6.10 Å². The number of hydrogen-bond donors (Lipinski definition) is 4. The summed E-state index contributed by atoms with van der Waals surface area (Å²) in [5, 5.41) is 38.7. The monoisotopic (exact) mass is 484 g/mol. The highest BCUT2D eigenvalue weighted by molar-refractivity contribution is 5.81. The molecule has 0 amide bonds. The van der Waals surface area contributed by atoms with Gasteiger partial charge in [-0.15, -0.1) is 0 Å². The predicted octanol–water partition coefficient (Wildman–Crippen LogP) is 2.76. The van der Waals surface area contributed by atoms with Gasteiger partial charge >= 0.3 is 11.9 Å². The van der Waals surface area contributed by atoms with Crippen LogP contribution in [0.15, 0.2) is 0 Å². The highest BCUT2D eigenvalue weighted by atomic mass is 17.1. The van der Waals surface area contributed by atoms with E-state index in [1.807, 2.05) is 0 Å². The number of carboxylic acid groups (broad SMARTS) is 1. The fraction of sp³-hybridized carbons (Fsp3) is 0.920. The van der Waals surface area contributed by atoms with E-state index < -0.39 is 36.0 Å². The molecule has 0 heterocycles. The number of aliphatic carboxylic acids is 1. The quantitative estimate of drug-likeness (QED) is 0.244. The Morgan fingerprint density at radius 3 is 2.09 bits per heavy atom. The van der Waals surface area contributed by atoms with Crippen molar-refractivity contribution < 1.29 is 44.5 Å². The zero-order valence-electron chi connectivity index (χ0n) is 19.8. The molecule has 9 heteroatoms. The van der Waals surface area contributed by atoms with Gasteiger partial charge < -0.3 is 24.8 Å². The molecule has 0 saturated heterocycles. The van der Waals surface area contributed by atoms with Gasteiger partial charge in [-0.1, -0.05) is 12.8 Å². The molecule has 9 nitrogen and oxygen atoms in total. The molecular formula is C25H40O9. The second-order valence-electron chi connectivity index (χ2n) is 10.9. The molecule has 4 fully saturated rings. The first-order valence-corrected chi connectivity index (χ1v) is 13.1. The first kappa shape index (κ1) is 25.8. The van der Waals surface area contributed by atoms with Gasteiger partial charge in [-0.2, -0.15) is 0 Å². The highest BCUT2D eigenvalue weighted by Gasteiger charge is 2.47. The maximum absolute atomic E-state index is 13.1. The van der Waals surface area contributed by atoms with E-state index >= 15 is 0 Å². The Bertz CT molecular complexity index is 700. The number of ether oxygens (including phenoxy) is 2. The molecule has 4 saturated carbocycles. The van der Waals surface area contributed by atoms with Crippen molar-refractivity contribution in [2.75, 3.05) is 6.61 Å². The summed E-state index contributed by atoms with van der Waals surface area (Å²) in [7, 11) is 0. The molecule has 194 valence electrons.